The molecule has 1 fully saturated rings. The van der Waals surface area contributed by atoms with Crippen LogP contribution in [0.15, 0.2) is 23.4 Å². The van der Waals surface area contributed by atoms with Gasteiger partial charge >= 0.3 is 0 Å². The van der Waals surface area contributed by atoms with Crippen molar-refractivity contribution in [2.75, 3.05) is 18.1 Å². The molecule has 0 radical (unpaired) electrons. The smallest absolute Gasteiger partial charge is 0.192 e. The maximum atomic E-state index is 11.3. The van der Waals surface area contributed by atoms with Crippen LogP contribution in [0.2, 0.25) is 0 Å². The normalized spacial score (nSPS) is 17.3. The summed E-state index contributed by atoms with van der Waals surface area (Å²) in [5.41, 5.74) is 0.892. The number of hydrogen-bond donors (Lipinski definition) is 1. The minimum Gasteiger partial charge on any atom is -0.384 e. The number of rotatable bonds is 5. The van der Waals surface area contributed by atoms with Gasteiger partial charge in [0.2, 0.25) is 0 Å². The third kappa shape index (κ3) is 4.49. The highest BCUT2D eigenvalue weighted by atomic mass is 32.2. The van der Waals surface area contributed by atoms with Gasteiger partial charge < -0.3 is 5.32 Å². The molecular formula is C14H22N2O2S. The average molecular weight is 282 g/mol. The van der Waals surface area contributed by atoms with Crippen molar-refractivity contribution >= 4 is 15.5 Å². The van der Waals surface area contributed by atoms with E-state index in [4.69, 9.17) is 0 Å². The molecule has 1 aliphatic carbocycles. The van der Waals surface area contributed by atoms with Gasteiger partial charge in [0.05, 0.1) is 11.9 Å². The molecule has 0 aromatic carbocycles. The van der Waals surface area contributed by atoms with Crippen LogP contribution in [0.1, 0.15) is 38.5 Å². The molecule has 0 unspecified atom stereocenters. The number of aromatic nitrogens is 1. The number of nitrogens with zero attached hydrogens (tertiary/aromatic N) is 1. The van der Waals surface area contributed by atoms with Crippen molar-refractivity contribution in [1.82, 2.24) is 4.98 Å². The molecule has 0 saturated heterocycles. The molecule has 1 aliphatic rings. The van der Waals surface area contributed by atoms with Crippen molar-refractivity contribution in [3.8, 4) is 0 Å². The van der Waals surface area contributed by atoms with Crippen LogP contribution < -0.4 is 5.32 Å². The Hall–Kier alpha value is -1.10. The molecule has 106 valence electrons. The number of anilines is 1. The second-order valence-corrected chi connectivity index (χ2v) is 7.34. The lowest BCUT2D eigenvalue weighted by Crippen LogP contribution is -2.12. The minimum atomic E-state index is -3.20. The molecule has 0 atom stereocenters. The van der Waals surface area contributed by atoms with Crippen LogP contribution in [0, 0.1) is 5.92 Å². The van der Waals surface area contributed by atoms with E-state index in [0.29, 0.717) is 0 Å². The molecule has 4 nitrogen and oxygen atoms in total. The first kappa shape index (κ1) is 14.3. The van der Waals surface area contributed by atoms with Crippen molar-refractivity contribution in [3.05, 3.63) is 18.3 Å². The zero-order valence-electron chi connectivity index (χ0n) is 11.4. The standard InChI is InChI=1S/C14H22N2O2S/c1-19(17,18)14-8-7-13(11-16-14)15-10-9-12-5-3-2-4-6-12/h7-8,11-12,15H,2-6,9-10H2,1H3. The number of sulfone groups is 1. The van der Waals surface area contributed by atoms with Crippen LogP contribution in [-0.4, -0.2) is 26.2 Å². The van der Waals surface area contributed by atoms with Crippen LogP contribution in [0.5, 0.6) is 0 Å². The molecule has 1 heterocycles. The van der Waals surface area contributed by atoms with Gasteiger partial charge in [-0.25, -0.2) is 13.4 Å². The van der Waals surface area contributed by atoms with E-state index >= 15 is 0 Å². The maximum absolute atomic E-state index is 11.3. The van der Waals surface area contributed by atoms with Gasteiger partial charge in [-0.15, -0.1) is 0 Å². The minimum absolute atomic E-state index is 0.130. The van der Waals surface area contributed by atoms with Crippen molar-refractivity contribution in [2.24, 2.45) is 5.92 Å². The van der Waals surface area contributed by atoms with E-state index in [1.807, 2.05) is 0 Å². The topological polar surface area (TPSA) is 59.1 Å². The molecule has 1 N–H and O–H groups in total. The summed E-state index contributed by atoms with van der Waals surface area (Å²) in [4.78, 5) is 3.96. The zero-order chi connectivity index (χ0) is 13.7. The molecule has 0 spiro atoms. The number of nitrogens with one attached hydrogen (secondary N) is 1. The lowest BCUT2D eigenvalue weighted by molar-refractivity contribution is 0.345. The molecule has 1 aromatic rings. The van der Waals surface area contributed by atoms with Crippen molar-refractivity contribution < 1.29 is 8.42 Å². The lowest BCUT2D eigenvalue weighted by atomic mass is 9.87. The van der Waals surface area contributed by atoms with Crippen LogP contribution in [0.3, 0.4) is 0 Å². The SMILES string of the molecule is CS(=O)(=O)c1ccc(NCCC2CCCCC2)cn1. The summed E-state index contributed by atoms with van der Waals surface area (Å²) in [5.74, 6) is 0.851. The summed E-state index contributed by atoms with van der Waals surface area (Å²) in [7, 11) is -3.20. The Morgan fingerprint density at radius 2 is 2.00 bits per heavy atom. The highest BCUT2D eigenvalue weighted by Gasteiger charge is 2.12. The highest BCUT2D eigenvalue weighted by Crippen LogP contribution is 2.26. The van der Waals surface area contributed by atoms with Gasteiger partial charge in [0.25, 0.3) is 0 Å². The maximum Gasteiger partial charge on any atom is 0.192 e. The van der Waals surface area contributed by atoms with E-state index in [-0.39, 0.29) is 5.03 Å². The Kier molecular flexibility index (Phi) is 4.80. The first-order chi connectivity index (χ1) is 9.05. The Balaban J connectivity index is 1.80. The van der Waals surface area contributed by atoms with E-state index in [9.17, 15) is 8.42 Å². The average Bonchev–Trinajstić information content (AvgIpc) is 2.39. The van der Waals surface area contributed by atoms with Crippen molar-refractivity contribution in [1.29, 1.82) is 0 Å². The van der Waals surface area contributed by atoms with Gasteiger partial charge in [-0.3, -0.25) is 0 Å². The summed E-state index contributed by atoms with van der Waals surface area (Å²) < 4.78 is 22.6. The first-order valence-corrected chi connectivity index (χ1v) is 8.85. The zero-order valence-corrected chi connectivity index (χ0v) is 12.2. The molecule has 2 rings (SSSR count). The molecule has 0 bridgehead atoms. The summed E-state index contributed by atoms with van der Waals surface area (Å²) in [5, 5.41) is 3.44. The summed E-state index contributed by atoms with van der Waals surface area (Å²) in [6, 6.07) is 3.34. The quantitative estimate of drug-likeness (QED) is 0.902. The molecule has 1 aromatic heterocycles. The van der Waals surface area contributed by atoms with E-state index in [1.165, 1.54) is 44.8 Å². The Morgan fingerprint density at radius 3 is 2.58 bits per heavy atom. The van der Waals surface area contributed by atoms with Gasteiger partial charge in [-0.2, -0.15) is 0 Å². The summed E-state index contributed by atoms with van der Waals surface area (Å²) >= 11 is 0. The Bertz CT molecular complexity index is 491. The van der Waals surface area contributed by atoms with Gasteiger partial charge in [0.15, 0.2) is 14.9 Å². The monoisotopic (exact) mass is 282 g/mol. The largest absolute Gasteiger partial charge is 0.384 e. The van der Waals surface area contributed by atoms with E-state index in [2.05, 4.69) is 10.3 Å². The third-order valence-corrected chi connectivity index (χ3v) is 4.72. The second kappa shape index (κ2) is 6.37. The number of hydrogen-bond acceptors (Lipinski definition) is 4. The second-order valence-electron chi connectivity index (χ2n) is 5.38. The lowest BCUT2D eigenvalue weighted by Gasteiger charge is -2.21. The van der Waals surface area contributed by atoms with E-state index in [1.54, 1.807) is 18.3 Å². The molecular weight excluding hydrogens is 260 g/mol. The molecule has 0 amide bonds. The fourth-order valence-corrected chi connectivity index (χ4v) is 3.16. The summed E-state index contributed by atoms with van der Waals surface area (Å²) in [6.07, 6.45) is 10.8. The van der Waals surface area contributed by atoms with Gasteiger partial charge in [-0.05, 0) is 24.5 Å². The van der Waals surface area contributed by atoms with E-state index in [0.717, 1.165) is 18.2 Å². The molecule has 5 heteroatoms. The van der Waals surface area contributed by atoms with Crippen molar-refractivity contribution in [2.45, 2.75) is 43.6 Å². The molecule has 19 heavy (non-hydrogen) atoms. The van der Waals surface area contributed by atoms with Crippen LogP contribution in [-0.2, 0) is 9.84 Å². The number of pyridine rings is 1. The predicted octanol–water partition coefficient (Wildman–Crippen LogP) is 2.87. The van der Waals surface area contributed by atoms with Crippen molar-refractivity contribution in [3.63, 3.8) is 0 Å². The van der Waals surface area contributed by atoms with Crippen LogP contribution in [0.25, 0.3) is 0 Å². The fraction of sp³-hybridized carbons (Fsp3) is 0.643. The highest BCUT2D eigenvalue weighted by molar-refractivity contribution is 7.90. The Labute approximate surface area is 115 Å². The summed E-state index contributed by atoms with van der Waals surface area (Å²) in [6.45, 7) is 0.935. The van der Waals surface area contributed by atoms with Gasteiger partial charge in [0, 0.05) is 12.8 Å². The fourth-order valence-electron chi connectivity index (χ4n) is 2.60. The van der Waals surface area contributed by atoms with E-state index < -0.39 is 9.84 Å². The predicted molar refractivity (Wildman–Crippen MR) is 77.0 cm³/mol. The van der Waals surface area contributed by atoms with Crippen LogP contribution in [0.4, 0.5) is 5.69 Å². The third-order valence-electron chi connectivity index (χ3n) is 3.72. The molecule has 1 saturated carbocycles. The molecule has 0 aliphatic heterocycles. The Morgan fingerprint density at radius 1 is 1.26 bits per heavy atom. The van der Waals surface area contributed by atoms with Gasteiger partial charge in [-0.1, -0.05) is 32.1 Å². The first-order valence-electron chi connectivity index (χ1n) is 6.96. The van der Waals surface area contributed by atoms with Gasteiger partial charge in [0.1, 0.15) is 0 Å². The van der Waals surface area contributed by atoms with Crippen LogP contribution >= 0.6 is 0 Å².